The minimum absolute atomic E-state index is 0.150. The van der Waals surface area contributed by atoms with Gasteiger partial charge in [-0.15, -0.1) is 5.10 Å². The highest BCUT2D eigenvalue weighted by Gasteiger charge is 2.41. The van der Waals surface area contributed by atoms with Crippen LogP contribution >= 0.6 is 27.7 Å². The summed E-state index contributed by atoms with van der Waals surface area (Å²) in [6, 6.07) is 25.0. The van der Waals surface area contributed by atoms with Crippen LogP contribution in [0, 0.1) is 6.92 Å². The lowest BCUT2D eigenvalue weighted by Crippen LogP contribution is -2.32. The van der Waals surface area contributed by atoms with Crippen molar-refractivity contribution in [1.82, 2.24) is 14.8 Å². The number of aromatic nitrogens is 3. The number of nitrogens with zero attached hydrogens (tertiary/aromatic N) is 3. The van der Waals surface area contributed by atoms with Gasteiger partial charge in [-0.1, -0.05) is 81.8 Å². The minimum atomic E-state index is -0.277. The summed E-state index contributed by atoms with van der Waals surface area (Å²) in [4.78, 5) is 4.76. The number of ether oxygens (including phenoxy) is 1. The number of anilines is 1. The van der Waals surface area contributed by atoms with Crippen LogP contribution in [-0.4, -0.2) is 21.0 Å². The van der Waals surface area contributed by atoms with Crippen LogP contribution in [0.4, 0.5) is 5.95 Å². The molecule has 0 unspecified atom stereocenters. The number of hydrogen-bond acceptors (Lipinski definition) is 5. The molecule has 2 aliphatic heterocycles. The van der Waals surface area contributed by atoms with Gasteiger partial charge < -0.3 is 10.1 Å². The van der Waals surface area contributed by atoms with Gasteiger partial charge in [-0.05, 0) is 48.6 Å². The summed E-state index contributed by atoms with van der Waals surface area (Å²) in [6.07, 6.45) is 1.72. The van der Waals surface area contributed by atoms with Crippen LogP contribution in [0.15, 0.2) is 88.0 Å². The van der Waals surface area contributed by atoms with E-state index in [9.17, 15) is 0 Å². The van der Waals surface area contributed by atoms with Gasteiger partial charge in [-0.25, -0.2) is 4.68 Å². The molecular formula is C26H21BrN4OS. The van der Waals surface area contributed by atoms with Crippen molar-refractivity contribution in [1.29, 1.82) is 0 Å². The molecule has 164 valence electrons. The molecule has 0 spiro atoms. The average molecular weight is 517 g/mol. The van der Waals surface area contributed by atoms with Crippen LogP contribution in [0.25, 0.3) is 5.70 Å². The number of para-hydroxylation sites is 1. The second-order valence-electron chi connectivity index (χ2n) is 8.18. The molecular weight excluding hydrogens is 496 g/mol. The fourth-order valence-electron chi connectivity index (χ4n) is 4.56. The lowest BCUT2D eigenvalue weighted by molar-refractivity contribution is 0.223. The third-order valence-electron chi connectivity index (χ3n) is 6.09. The van der Waals surface area contributed by atoms with Gasteiger partial charge in [0.15, 0.2) is 0 Å². The van der Waals surface area contributed by atoms with Gasteiger partial charge >= 0.3 is 0 Å². The second kappa shape index (κ2) is 8.08. The van der Waals surface area contributed by atoms with Crippen LogP contribution in [0.3, 0.4) is 0 Å². The first-order valence-corrected chi connectivity index (χ1v) is 12.7. The maximum absolute atomic E-state index is 6.68. The molecule has 0 saturated carbocycles. The average Bonchev–Trinajstić information content (AvgIpc) is 3.26. The summed E-state index contributed by atoms with van der Waals surface area (Å²) in [5.41, 5.74) is 6.66. The minimum Gasteiger partial charge on any atom is -0.480 e. The third kappa shape index (κ3) is 3.47. The number of benzene rings is 3. The quantitative estimate of drug-likeness (QED) is 0.309. The van der Waals surface area contributed by atoms with Crippen LogP contribution in [0.1, 0.15) is 34.4 Å². The van der Waals surface area contributed by atoms with Gasteiger partial charge in [0.1, 0.15) is 17.9 Å². The highest BCUT2D eigenvalue weighted by atomic mass is 79.9. The normalized spacial score (nSPS) is 18.6. The predicted octanol–water partition coefficient (Wildman–Crippen LogP) is 6.63. The summed E-state index contributed by atoms with van der Waals surface area (Å²) < 4.78 is 9.70. The maximum Gasteiger partial charge on any atom is 0.227 e. The number of nitrogens with one attached hydrogen (secondary N) is 1. The van der Waals surface area contributed by atoms with Crippen LogP contribution < -0.4 is 10.1 Å². The first-order valence-electron chi connectivity index (χ1n) is 10.7. The van der Waals surface area contributed by atoms with Crippen LogP contribution in [0.2, 0.25) is 0 Å². The van der Waals surface area contributed by atoms with Crippen molar-refractivity contribution < 1.29 is 4.74 Å². The van der Waals surface area contributed by atoms with E-state index in [1.54, 1.807) is 11.8 Å². The number of hydrogen-bond donors (Lipinski definition) is 1. The van der Waals surface area contributed by atoms with Gasteiger partial charge in [0.05, 0.1) is 5.70 Å². The Morgan fingerprint density at radius 1 is 1.00 bits per heavy atom. The van der Waals surface area contributed by atoms with Crippen LogP contribution in [0.5, 0.6) is 5.75 Å². The Morgan fingerprint density at radius 3 is 2.61 bits per heavy atom. The third-order valence-corrected chi connectivity index (χ3v) is 7.12. The SMILES string of the molecule is CSc1nc2n(n1)[C@@H](c1ccc(C)cc1)C1=C(N2)c2ccccc2O[C@@H]1c1cccc(Br)c1. The molecule has 0 bridgehead atoms. The number of thioether (sulfide) groups is 1. The van der Waals surface area contributed by atoms with E-state index in [0.29, 0.717) is 0 Å². The maximum atomic E-state index is 6.68. The van der Waals surface area contributed by atoms with E-state index in [-0.39, 0.29) is 12.1 Å². The molecule has 2 aliphatic rings. The number of aryl methyl sites for hydroxylation is 1. The molecule has 0 saturated heterocycles. The van der Waals surface area contributed by atoms with Crippen molar-refractivity contribution in [3.8, 4) is 5.75 Å². The van der Waals surface area contributed by atoms with Gasteiger partial charge in [-0.3, -0.25) is 0 Å². The monoisotopic (exact) mass is 516 g/mol. The Hall–Kier alpha value is -3.03. The Bertz CT molecular complexity index is 1400. The van der Waals surface area contributed by atoms with Crippen molar-refractivity contribution in [3.63, 3.8) is 0 Å². The van der Waals surface area contributed by atoms with Gasteiger partial charge in [0.25, 0.3) is 0 Å². The molecule has 3 heterocycles. The fourth-order valence-corrected chi connectivity index (χ4v) is 5.32. The van der Waals surface area contributed by atoms with Gasteiger partial charge in [-0.2, -0.15) is 4.98 Å². The summed E-state index contributed by atoms with van der Waals surface area (Å²) in [7, 11) is 0. The first kappa shape index (κ1) is 20.6. The standard InChI is InChI=1S/C26H21BrN4OS/c1-15-10-12-16(13-11-15)23-21-22(28-25-29-26(33-2)30-31(23)25)19-8-3-4-9-20(19)32-24(21)17-6-5-7-18(27)14-17/h3-14,23-24H,1-2H3,(H,28,29,30)/t23-,24+/m0/s1. The summed E-state index contributed by atoms with van der Waals surface area (Å²) in [6.45, 7) is 2.11. The van der Waals surface area contributed by atoms with E-state index in [1.807, 2.05) is 41.3 Å². The van der Waals surface area contributed by atoms with Gasteiger partial charge in [0, 0.05) is 15.6 Å². The van der Waals surface area contributed by atoms with Crippen molar-refractivity contribution in [2.45, 2.75) is 24.2 Å². The molecule has 0 amide bonds. The summed E-state index contributed by atoms with van der Waals surface area (Å²) in [5.74, 6) is 1.60. The van der Waals surface area contributed by atoms with E-state index in [0.717, 1.165) is 49.3 Å². The second-order valence-corrected chi connectivity index (χ2v) is 9.87. The zero-order valence-corrected chi connectivity index (χ0v) is 20.5. The molecule has 0 radical (unpaired) electrons. The molecule has 1 aromatic heterocycles. The lowest BCUT2D eigenvalue weighted by atomic mass is 9.84. The Morgan fingerprint density at radius 2 is 1.82 bits per heavy atom. The molecule has 0 fully saturated rings. The van der Waals surface area contributed by atoms with Gasteiger partial charge in [0.2, 0.25) is 11.1 Å². The Kier molecular flexibility index (Phi) is 5.03. The summed E-state index contributed by atoms with van der Waals surface area (Å²) >= 11 is 5.18. The van der Waals surface area contributed by atoms with E-state index in [4.69, 9.17) is 14.8 Å². The van der Waals surface area contributed by atoms with Crippen molar-refractivity contribution in [2.75, 3.05) is 11.6 Å². The predicted molar refractivity (Wildman–Crippen MR) is 136 cm³/mol. The molecule has 7 heteroatoms. The lowest BCUT2D eigenvalue weighted by Gasteiger charge is -2.39. The number of rotatable bonds is 3. The number of halogens is 1. The Labute approximate surface area is 205 Å². The zero-order valence-electron chi connectivity index (χ0n) is 18.1. The van der Waals surface area contributed by atoms with Crippen molar-refractivity contribution >= 4 is 39.3 Å². The molecule has 5 nitrogen and oxygen atoms in total. The highest BCUT2D eigenvalue weighted by Crippen LogP contribution is 2.51. The van der Waals surface area contributed by atoms with E-state index < -0.39 is 0 Å². The molecule has 2 atom stereocenters. The molecule has 3 aromatic carbocycles. The summed E-state index contributed by atoms with van der Waals surface area (Å²) in [5, 5.41) is 9.19. The molecule has 6 rings (SSSR count). The van der Waals surface area contributed by atoms with Crippen LogP contribution in [-0.2, 0) is 0 Å². The molecule has 4 aromatic rings. The van der Waals surface area contributed by atoms with E-state index >= 15 is 0 Å². The van der Waals surface area contributed by atoms with Crippen molar-refractivity contribution in [2.24, 2.45) is 0 Å². The van der Waals surface area contributed by atoms with E-state index in [1.165, 1.54) is 5.56 Å². The topological polar surface area (TPSA) is 52.0 Å². The molecule has 33 heavy (non-hydrogen) atoms. The molecule has 0 aliphatic carbocycles. The fraction of sp³-hybridized carbons (Fsp3) is 0.154. The first-order chi connectivity index (χ1) is 16.1. The smallest absolute Gasteiger partial charge is 0.227 e. The number of fused-ring (bicyclic) bond motifs is 3. The largest absolute Gasteiger partial charge is 0.480 e. The Balaban J connectivity index is 1.64. The zero-order chi connectivity index (χ0) is 22.5. The van der Waals surface area contributed by atoms with E-state index in [2.05, 4.69) is 70.6 Å². The van der Waals surface area contributed by atoms with Crippen molar-refractivity contribution in [3.05, 3.63) is 105 Å². The highest BCUT2D eigenvalue weighted by molar-refractivity contribution is 9.10. The molecule has 1 N–H and O–H groups in total.